The third kappa shape index (κ3) is 4.06. The summed E-state index contributed by atoms with van der Waals surface area (Å²) in [5.41, 5.74) is 1.08. The van der Waals surface area contributed by atoms with E-state index >= 15 is 0 Å². The van der Waals surface area contributed by atoms with Gasteiger partial charge in [-0.3, -0.25) is 4.90 Å². The molecule has 1 unspecified atom stereocenters. The topological polar surface area (TPSA) is 91.5 Å². The Morgan fingerprint density at radius 1 is 1.29 bits per heavy atom. The number of aliphatic hydroxyl groups is 1. The Bertz CT molecular complexity index is 693. The minimum absolute atomic E-state index is 0.186. The fourth-order valence-electron chi connectivity index (χ4n) is 2.93. The average Bonchev–Trinajstić information content (AvgIpc) is 2.96. The molecule has 2 aromatic rings. The van der Waals surface area contributed by atoms with Gasteiger partial charge in [0, 0.05) is 32.2 Å². The molecule has 7 nitrogen and oxygen atoms in total. The van der Waals surface area contributed by atoms with Gasteiger partial charge in [0.05, 0.1) is 11.3 Å². The van der Waals surface area contributed by atoms with Gasteiger partial charge in [0.15, 0.2) is 6.20 Å². The van der Waals surface area contributed by atoms with Crippen molar-refractivity contribution in [2.75, 3.05) is 25.0 Å². The summed E-state index contributed by atoms with van der Waals surface area (Å²) < 4.78 is 0. The van der Waals surface area contributed by atoms with Crippen LogP contribution in [0.3, 0.4) is 0 Å². The molecule has 0 bridgehead atoms. The first-order chi connectivity index (χ1) is 11.5. The molecule has 1 aromatic carbocycles. The number of nitrogens with zero attached hydrogens (tertiary/aromatic N) is 3. The third-order valence-corrected chi connectivity index (χ3v) is 4.22. The third-order valence-electron chi connectivity index (χ3n) is 4.22. The molecule has 0 amide bonds. The maximum Gasteiger partial charge on any atom is 0.363 e. The van der Waals surface area contributed by atoms with Gasteiger partial charge in [0.25, 0.3) is 0 Å². The van der Waals surface area contributed by atoms with Gasteiger partial charge in [0.1, 0.15) is 0 Å². The van der Waals surface area contributed by atoms with Crippen molar-refractivity contribution in [1.29, 1.82) is 0 Å². The predicted molar refractivity (Wildman–Crippen MR) is 90.7 cm³/mol. The van der Waals surface area contributed by atoms with Crippen molar-refractivity contribution in [1.82, 2.24) is 9.88 Å². The average molecular weight is 328 g/mol. The van der Waals surface area contributed by atoms with E-state index < -0.39 is 10.5 Å². The van der Waals surface area contributed by atoms with Crippen molar-refractivity contribution in [3.8, 4) is 0 Å². The van der Waals surface area contributed by atoms with Gasteiger partial charge >= 0.3 is 5.82 Å². The maximum absolute atomic E-state index is 10.7. The Kier molecular flexibility index (Phi) is 4.73. The molecule has 0 spiro atoms. The zero-order valence-electron chi connectivity index (χ0n) is 13.3. The Morgan fingerprint density at radius 2 is 2.08 bits per heavy atom. The Hall–Kier alpha value is -2.51. The van der Waals surface area contributed by atoms with E-state index in [0.717, 1.165) is 13.1 Å². The fraction of sp³-hybridized carbons (Fsp3) is 0.353. The highest BCUT2D eigenvalue weighted by Crippen LogP contribution is 2.24. The number of rotatable bonds is 6. The van der Waals surface area contributed by atoms with Crippen LogP contribution in [0, 0.1) is 10.1 Å². The smallest absolute Gasteiger partial charge is 0.363 e. The molecule has 1 saturated heterocycles. The van der Waals surface area contributed by atoms with E-state index in [0.29, 0.717) is 25.2 Å². The summed E-state index contributed by atoms with van der Waals surface area (Å²) in [6, 6.07) is 13.1. The van der Waals surface area contributed by atoms with Gasteiger partial charge in [0.2, 0.25) is 0 Å². The van der Waals surface area contributed by atoms with E-state index in [-0.39, 0.29) is 5.82 Å². The molecule has 1 atom stereocenters. The number of hydrogen-bond acceptors (Lipinski definition) is 6. The van der Waals surface area contributed by atoms with Crippen LogP contribution in [0.1, 0.15) is 12.0 Å². The molecule has 0 radical (unpaired) electrons. The van der Waals surface area contributed by atoms with Crippen LogP contribution < -0.4 is 5.32 Å². The maximum atomic E-state index is 10.7. The van der Waals surface area contributed by atoms with Crippen LogP contribution in [-0.4, -0.2) is 45.1 Å². The van der Waals surface area contributed by atoms with Crippen molar-refractivity contribution in [2.45, 2.75) is 18.6 Å². The lowest BCUT2D eigenvalue weighted by Gasteiger charge is -2.24. The second kappa shape index (κ2) is 6.94. The monoisotopic (exact) mass is 328 g/mol. The molecule has 7 heteroatoms. The fourth-order valence-corrected chi connectivity index (χ4v) is 2.93. The molecule has 24 heavy (non-hydrogen) atoms. The van der Waals surface area contributed by atoms with Crippen LogP contribution in [-0.2, 0) is 6.54 Å². The Balaban J connectivity index is 1.52. The molecule has 1 aliphatic heterocycles. The zero-order chi connectivity index (χ0) is 17.0. The van der Waals surface area contributed by atoms with E-state index in [2.05, 4.69) is 27.3 Å². The number of nitrogens with one attached hydrogen (secondary N) is 1. The van der Waals surface area contributed by atoms with Crippen LogP contribution in [0.25, 0.3) is 0 Å². The normalized spacial score (nSPS) is 20.9. The number of nitro groups is 1. The quantitative estimate of drug-likeness (QED) is 0.623. The van der Waals surface area contributed by atoms with Gasteiger partial charge in [-0.25, -0.2) is 0 Å². The summed E-state index contributed by atoms with van der Waals surface area (Å²) >= 11 is 0. The van der Waals surface area contributed by atoms with Crippen molar-refractivity contribution < 1.29 is 10.0 Å². The van der Waals surface area contributed by atoms with Crippen LogP contribution in [0.15, 0.2) is 48.7 Å². The van der Waals surface area contributed by atoms with E-state index in [9.17, 15) is 15.2 Å². The molecular weight excluding hydrogens is 308 g/mol. The zero-order valence-corrected chi connectivity index (χ0v) is 13.3. The van der Waals surface area contributed by atoms with E-state index in [1.165, 1.54) is 17.8 Å². The summed E-state index contributed by atoms with van der Waals surface area (Å²) in [7, 11) is 0. The van der Waals surface area contributed by atoms with Crippen molar-refractivity contribution in [2.24, 2.45) is 0 Å². The van der Waals surface area contributed by atoms with E-state index in [4.69, 9.17) is 0 Å². The number of β-amino-alcohol motifs (C(OH)–C–C–N with tert-alkyl or cyclic N) is 1. The summed E-state index contributed by atoms with van der Waals surface area (Å²) in [4.78, 5) is 16.1. The minimum Gasteiger partial charge on any atom is -0.387 e. The first-order valence-electron chi connectivity index (χ1n) is 7.87. The van der Waals surface area contributed by atoms with Crippen LogP contribution in [0.5, 0.6) is 0 Å². The molecule has 126 valence electrons. The number of pyridine rings is 1. The Morgan fingerprint density at radius 3 is 2.75 bits per heavy atom. The second-order valence-electron chi connectivity index (χ2n) is 6.19. The second-order valence-corrected chi connectivity index (χ2v) is 6.19. The number of hydrogen-bond donors (Lipinski definition) is 2. The number of anilines is 1. The molecular formula is C17H20N4O3. The van der Waals surface area contributed by atoms with Gasteiger partial charge in [-0.1, -0.05) is 30.3 Å². The standard InChI is InChI=1S/C17H20N4O3/c22-17(12-19-15-6-7-16(18-10-15)21(23)24)8-9-20(13-17)11-14-4-2-1-3-5-14/h1-7,10,19,22H,8-9,11-13H2. The van der Waals surface area contributed by atoms with Crippen molar-refractivity contribution in [3.63, 3.8) is 0 Å². The lowest BCUT2D eigenvalue weighted by Crippen LogP contribution is -2.39. The molecule has 0 aliphatic carbocycles. The van der Waals surface area contributed by atoms with Gasteiger partial charge in [-0.15, -0.1) is 0 Å². The van der Waals surface area contributed by atoms with Gasteiger partial charge in [-0.05, 0) is 28.0 Å². The SMILES string of the molecule is O=[N+]([O-])c1ccc(NCC2(O)CCN(Cc3ccccc3)C2)cn1. The highest BCUT2D eigenvalue weighted by atomic mass is 16.6. The summed E-state index contributed by atoms with van der Waals surface area (Å²) in [6.45, 7) is 2.64. The van der Waals surface area contributed by atoms with E-state index in [1.54, 1.807) is 6.07 Å². The highest BCUT2D eigenvalue weighted by Gasteiger charge is 2.35. The van der Waals surface area contributed by atoms with Crippen LogP contribution in [0.2, 0.25) is 0 Å². The molecule has 0 saturated carbocycles. The van der Waals surface area contributed by atoms with Crippen molar-refractivity contribution in [3.05, 3.63) is 64.3 Å². The van der Waals surface area contributed by atoms with E-state index in [1.807, 2.05) is 18.2 Å². The molecule has 1 aromatic heterocycles. The number of likely N-dealkylation sites (tertiary alicyclic amines) is 1. The van der Waals surface area contributed by atoms with Gasteiger partial charge in [-0.2, -0.15) is 0 Å². The Labute approximate surface area is 140 Å². The van der Waals surface area contributed by atoms with Crippen LogP contribution >= 0.6 is 0 Å². The summed E-state index contributed by atoms with van der Waals surface area (Å²) in [5.74, 6) is -0.186. The first kappa shape index (κ1) is 16.4. The largest absolute Gasteiger partial charge is 0.387 e. The molecule has 2 N–H and O–H groups in total. The molecule has 2 heterocycles. The predicted octanol–water partition coefficient (Wildman–Crippen LogP) is 2.04. The van der Waals surface area contributed by atoms with Crippen LogP contribution in [0.4, 0.5) is 11.5 Å². The number of benzene rings is 1. The highest BCUT2D eigenvalue weighted by molar-refractivity contribution is 5.43. The molecule has 1 aliphatic rings. The summed E-state index contributed by atoms with van der Waals surface area (Å²) in [5, 5.41) is 24.4. The minimum atomic E-state index is -0.809. The molecule has 3 rings (SSSR count). The van der Waals surface area contributed by atoms with Gasteiger partial charge < -0.3 is 20.5 Å². The number of aromatic nitrogens is 1. The first-order valence-corrected chi connectivity index (χ1v) is 7.87. The molecule has 1 fully saturated rings. The summed E-state index contributed by atoms with van der Waals surface area (Å²) in [6.07, 6.45) is 2.10. The lowest BCUT2D eigenvalue weighted by atomic mass is 10.0. The van der Waals surface area contributed by atoms with Crippen molar-refractivity contribution >= 4 is 11.5 Å². The lowest BCUT2D eigenvalue weighted by molar-refractivity contribution is -0.389.